The van der Waals surface area contributed by atoms with E-state index in [0.717, 1.165) is 41.9 Å². The van der Waals surface area contributed by atoms with Crippen molar-refractivity contribution in [2.45, 2.75) is 32.6 Å². The van der Waals surface area contributed by atoms with E-state index in [9.17, 15) is 9.59 Å². The van der Waals surface area contributed by atoms with Gasteiger partial charge in [-0.05, 0) is 50.1 Å². The second kappa shape index (κ2) is 13.0. The molecule has 0 saturated heterocycles. The molecular formula is C30H31N5O2. The van der Waals surface area contributed by atoms with Crippen molar-refractivity contribution in [2.75, 3.05) is 17.2 Å². The minimum absolute atomic E-state index is 0.0327. The molecular weight excluding hydrogens is 462 g/mol. The Morgan fingerprint density at radius 2 is 1.49 bits per heavy atom. The number of unbranched alkanes of at least 4 members (excludes halogenated alkanes) is 2. The molecule has 0 aliphatic heterocycles. The molecule has 0 saturated carbocycles. The van der Waals surface area contributed by atoms with E-state index in [1.165, 1.54) is 0 Å². The maximum absolute atomic E-state index is 12.4. The molecule has 4 rings (SSSR count). The number of nitrogens with one attached hydrogen (secondary N) is 3. The smallest absolute Gasteiger partial charge is 0.251 e. The van der Waals surface area contributed by atoms with Crippen LogP contribution >= 0.6 is 0 Å². The quantitative estimate of drug-likeness (QED) is 0.219. The molecule has 0 radical (unpaired) electrons. The number of hydrogen-bond donors (Lipinski definition) is 3. The standard InChI is InChI=1S/C30H31N5O2/c1-22-32-27(23-12-5-2-6-13-23)21-28(33-22)34-25-16-11-17-26(20-25)35-29(36)18-9-4-10-19-31-30(37)24-14-7-3-8-15-24/h2-3,5-8,11-17,20-21H,4,9-10,18-19H2,1H3,(H,31,37)(H,35,36)(H,32,33,34). The fraction of sp³-hybridized carbons (Fsp3) is 0.200. The number of hydrogen-bond acceptors (Lipinski definition) is 5. The maximum Gasteiger partial charge on any atom is 0.251 e. The van der Waals surface area contributed by atoms with Gasteiger partial charge in [-0.3, -0.25) is 9.59 Å². The lowest BCUT2D eigenvalue weighted by Crippen LogP contribution is -2.24. The summed E-state index contributed by atoms with van der Waals surface area (Å²) < 4.78 is 0. The summed E-state index contributed by atoms with van der Waals surface area (Å²) in [5.74, 6) is 1.26. The fourth-order valence-corrected chi connectivity index (χ4v) is 3.92. The van der Waals surface area contributed by atoms with E-state index >= 15 is 0 Å². The van der Waals surface area contributed by atoms with Gasteiger partial charge in [-0.25, -0.2) is 9.97 Å². The zero-order valence-corrected chi connectivity index (χ0v) is 20.9. The van der Waals surface area contributed by atoms with Crippen molar-refractivity contribution in [2.24, 2.45) is 0 Å². The van der Waals surface area contributed by atoms with Crippen molar-refractivity contribution < 1.29 is 9.59 Å². The van der Waals surface area contributed by atoms with Crippen LogP contribution in [-0.4, -0.2) is 28.3 Å². The van der Waals surface area contributed by atoms with Gasteiger partial charge in [0.25, 0.3) is 5.91 Å². The molecule has 1 heterocycles. The summed E-state index contributed by atoms with van der Waals surface area (Å²) in [5.41, 5.74) is 4.07. The zero-order chi connectivity index (χ0) is 25.9. The van der Waals surface area contributed by atoms with Crippen molar-refractivity contribution in [3.63, 3.8) is 0 Å². The van der Waals surface area contributed by atoms with Gasteiger partial charge in [0.05, 0.1) is 5.69 Å². The third-order valence-electron chi connectivity index (χ3n) is 5.73. The highest BCUT2D eigenvalue weighted by molar-refractivity contribution is 5.94. The van der Waals surface area contributed by atoms with Crippen LogP contribution in [-0.2, 0) is 4.79 Å². The number of carbonyl (C=O) groups is 2. The van der Waals surface area contributed by atoms with Crippen LogP contribution in [0.25, 0.3) is 11.3 Å². The number of amides is 2. The highest BCUT2D eigenvalue weighted by atomic mass is 16.2. The van der Waals surface area contributed by atoms with Crippen molar-refractivity contribution in [1.82, 2.24) is 15.3 Å². The molecule has 3 N–H and O–H groups in total. The fourth-order valence-electron chi connectivity index (χ4n) is 3.92. The van der Waals surface area contributed by atoms with Crippen LogP contribution in [0.4, 0.5) is 17.2 Å². The summed E-state index contributed by atoms with van der Waals surface area (Å²) in [6.45, 7) is 2.46. The third kappa shape index (κ3) is 8.00. The molecule has 188 valence electrons. The molecule has 0 fully saturated rings. The number of aromatic nitrogens is 2. The average molecular weight is 494 g/mol. The van der Waals surface area contributed by atoms with E-state index in [4.69, 9.17) is 0 Å². The number of carbonyl (C=O) groups excluding carboxylic acids is 2. The number of benzene rings is 3. The van der Waals surface area contributed by atoms with Crippen LogP contribution < -0.4 is 16.0 Å². The Bertz CT molecular complexity index is 1330. The van der Waals surface area contributed by atoms with Gasteiger partial charge in [-0.15, -0.1) is 0 Å². The molecule has 7 nitrogen and oxygen atoms in total. The minimum Gasteiger partial charge on any atom is -0.352 e. The zero-order valence-electron chi connectivity index (χ0n) is 20.9. The summed E-state index contributed by atoms with van der Waals surface area (Å²) in [4.78, 5) is 33.5. The molecule has 4 aromatic rings. The second-order valence-electron chi connectivity index (χ2n) is 8.74. The Labute approximate surface area is 217 Å². The molecule has 0 aliphatic carbocycles. The van der Waals surface area contributed by atoms with Crippen molar-refractivity contribution >= 4 is 29.0 Å². The maximum atomic E-state index is 12.4. The summed E-state index contributed by atoms with van der Waals surface area (Å²) in [6, 6.07) is 28.6. The van der Waals surface area contributed by atoms with Crippen molar-refractivity contribution in [3.8, 4) is 11.3 Å². The van der Waals surface area contributed by atoms with E-state index < -0.39 is 0 Å². The second-order valence-corrected chi connectivity index (χ2v) is 8.74. The van der Waals surface area contributed by atoms with Gasteiger partial charge in [-0.2, -0.15) is 0 Å². The molecule has 0 atom stereocenters. The lowest BCUT2D eigenvalue weighted by Gasteiger charge is -2.11. The van der Waals surface area contributed by atoms with Gasteiger partial charge in [-0.1, -0.05) is 61.0 Å². The van der Waals surface area contributed by atoms with Crippen LogP contribution in [0.5, 0.6) is 0 Å². The average Bonchev–Trinajstić information content (AvgIpc) is 2.91. The number of nitrogens with zero attached hydrogens (tertiary/aromatic N) is 2. The molecule has 7 heteroatoms. The summed E-state index contributed by atoms with van der Waals surface area (Å²) >= 11 is 0. The van der Waals surface area contributed by atoms with Gasteiger partial charge < -0.3 is 16.0 Å². The normalized spacial score (nSPS) is 10.5. The summed E-state index contributed by atoms with van der Waals surface area (Å²) in [7, 11) is 0. The van der Waals surface area contributed by atoms with Crippen LogP contribution in [0.2, 0.25) is 0 Å². The highest BCUT2D eigenvalue weighted by Gasteiger charge is 2.07. The Hall–Kier alpha value is -4.52. The third-order valence-corrected chi connectivity index (χ3v) is 5.73. The molecule has 0 bridgehead atoms. The molecule has 2 amide bonds. The van der Waals surface area contributed by atoms with E-state index in [1.54, 1.807) is 12.1 Å². The number of aryl methyl sites for hydroxylation is 1. The van der Waals surface area contributed by atoms with Gasteiger partial charge in [0, 0.05) is 41.5 Å². The Morgan fingerprint density at radius 3 is 2.27 bits per heavy atom. The SMILES string of the molecule is Cc1nc(Nc2cccc(NC(=O)CCCCCNC(=O)c3ccccc3)c2)cc(-c2ccccc2)n1. The van der Waals surface area contributed by atoms with Gasteiger partial charge >= 0.3 is 0 Å². The first kappa shape index (κ1) is 25.6. The lowest BCUT2D eigenvalue weighted by molar-refractivity contribution is -0.116. The number of anilines is 3. The van der Waals surface area contributed by atoms with Crippen LogP contribution in [0.1, 0.15) is 41.9 Å². The van der Waals surface area contributed by atoms with Crippen LogP contribution in [0.15, 0.2) is 91.0 Å². The highest BCUT2D eigenvalue weighted by Crippen LogP contribution is 2.23. The Morgan fingerprint density at radius 1 is 0.757 bits per heavy atom. The molecule has 1 aromatic heterocycles. The molecule has 37 heavy (non-hydrogen) atoms. The lowest BCUT2D eigenvalue weighted by atomic mass is 10.1. The largest absolute Gasteiger partial charge is 0.352 e. The minimum atomic E-state index is -0.0692. The van der Waals surface area contributed by atoms with E-state index in [-0.39, 0.29) is 11.8 Å². The summed E-state index contributed by atoms with van der Waals surface area (Å²) in [6.07, 6.45) is 2.87. The van der Waals surface area contributed by atoms with Crippen molar-refractivity contribution in [1.29, 1.82) is 0 Å². The van der Waals surface area contributed by atoms with Gasteiger partial charge in [0.2, 0.25) is 5.91 Å². The summed E-state index contributed by atoms with van der Waals surface area (Å²) in [5, 5.41) is 9.20. The van der Waals surface area contributed by atoms with Gasteiger partial charge in [0.15, 0.2) is 0 Å². The van der Waals surface area contributed by atoms with Crippen LogP contribution in [0, 0.1) is 6.92 Å². The van der Waals surface area contributed by atoms with Gasteiger partial charge in [0.1, 0.15) is 11.6 Å². The monoisotopic (exact) mass is 493 g/mol. The van der Waals surface area contributed by atoms with Crippen molar-refractivity contribution in [3.05, 3.63) is 102 Å². The first-order valence-corrected chi connectivity index (χ1v) is 12.5. The first-order chi connectivity index (χ1) is 18.1. The predicted octanol–water partition coefficient (Wildman–Crippen LogP) is 6.12. The Kier molecular flexibility index (Phi) is 8.97. The topological polar surface area (TPSA) is 96.0 Å². The first-order valence-electron chi connectivity index (χ1n) is 12.5. The van der Waals surface area contributed by atoms with E-state index in [2.05, 4.69) is 25.9 Å². The van der Waals surface area contributed by atoms with Crippen LogP contribution in [0.3, 0.4) is 0 Å². The molecule has 3 aromatic carbocycles. The predicted molar refractivity (Wildman–Crippen MR) is 148 cm³/mol. The molecule has 0 unspecified atom stereocenters. The molecule has 0 spiro atoms. The van der Waals surface area contributed by atoms with E-state index in [0.29, 0.717) is 30.2 Å². The Balaban J connectivity index is 1.22. The molecule has 0 aliphatic rings. The number of rotatable bonds is 11. The van der Waals surface area contributed by atoms with E-state index in [1.807, 2.05) is 85.8 Å².